The molecule has 0 aromatic heterocycles. The van der Waals surface area contributed by atoms with Crippen LogP contribution in [0, 0.1) is 46.3 Å². The molecular weight excluding hydrogens is 284 g/mol. The van der Waals surface area contributed by atoms with Crippen LogP contribution in [0.5, 0.6) is 0 Å². The first kappa shape index (κ1) is 16.1. The Balaban J connectivity index is 1.69. The average Bonchev–Trinajstić information content (AvgIpc) is 2.83. The van der Waals surface area contributed by atoms with E-state index < -0.39 is 6.10 Å². The van der Waals surface area contributed by atoms with E-state index in [1.54, 1.807) is 0 Å². The fourth-order valence-corrected chi connectivity index (χ4v) is 7.66. The monoisotopic (exact) mass is 318 g/mol. The van der Waals surface area contributed by atoms with Gasteiger partial charge in [-0.1, -0.05) is 27.7 Å². The highest BCUT2D eigenvalue weighted by molar-refractivity contribution is 5.82. The molecule has 0 aromatic rings. The van der Waals surface area contributed by atoms with Gasteiger partial charge in [-0.2, -0.15) is 0 Å². The van der Waals surface area contributed by atoms with Gasteiger partial charge in [-0.3, -0.25) is 4.79 Å². The maximum Gasteiger partial charge on any atom is 0.138 e. The first-order chi connectivity index (χ1) is 10.8. The van der Waals surface area contributed by atoms with Gasteiger partial charge in [0, 0.05) is 17.8 Å². The SMILES string of the molecule is CC1CC[C@H]2[C@@H]3CC[C@H]4CC(=O)[C@H](C)C(O)[C@]4(C)[C@H]3CC[C@]12C. The fraction of sp³-hybridized carbons (Fsp3) is 0.952. The molecule has 0 saturated heterocycles. The fourth-order valence-electron chi connectivity index (χ4n) is 7.66. The quantitative estimate of drug-likeness (QED) is 0.716. The molecule has 0 spiro atoms. The second-order valence-corrected chi connectivity index (χ2v) is 9.94. The van der Waals surface area contributed by atoms with Crippen molar-refractivity contribution < 1.29 is 9.90 Å². The van der Waals surface area contributed by atoms with Gasteiger partial charge in [-0.05, 0) is 73.5 Å². The minimum absolute atomic E-state index is 0.0244. The van der Waals surface area contributed by atoms with Crippen LogP contribution in [0.3, 0.4) is 0 Å². The summed E-state index contributed by atoms with van der Waals surface area (Å²) in [5.74, 6) is 3.69. The molecule has 0 amide bonds. The van der Waals surface area contributed by atoms with Crippen molar-refractivity contribution in [3.63, 3.8) is 0 Å². The summed E-state index contributed by atoms with van der Waals surface area (Å²) >= 11 is 0. The summed E-state index contributed by atoms with van der Waals surface area (Å²) in [4.78, 5) is 12.3. The zero-order chi connectivity index (χ0) is 16.6. The van der Waals surface area contributed by atoms with E-state index in [9.17, 15) is 9.90 Å². The number of rotatable bonds is 0. The van der Waals surface area contributed by atoms with Crippen molar-refractivity contribution in [2.45, 2.75) is 78.7 Å². The van der Waals surface area contributed by atoms with E-state index in [4.69, 9.17) is 0 Å². The van der Waals surface area contributed by atoms with Gasteiger partial charge in [-0.15, -0.1) is 0 Å². The minimum Gasteiger partial charge on any atom is -0.392 e. The third kappa shape index (κ3) is 1.94. The average molecular weight is 319 g/mol. The predicted molar refractivity (Wildman–Crippen MR) is 91.8 cm³/mol. The lowest BCUT2D eigenvalue weighted by atomic mass is 9.43. The van der Waals surface area contributed by atoms with E-state index in [2.05, 4.69) is 20.8 Å². The number of ketones is 1. The molecule has 4 rings (SSSR count). The third-order valence-corrected chi connectivity index (χ3v) is 9.50. The van der Waals surface area contributed by atoms with Gasteiger partial charge in [0.1, 0.15) is 5.78 Å². The van der Waals surface area contributed by atoms with Crippen LogP contribution < -0.4 is 0 Å². The molecular formula is C21H34O2. The smallest absolute Gasteiger partial charge is 0.138 e. The summed E-state index contributed by atoms with van der Waals surface area (Å²) in [6.45, 7) is 9.30. The molecule has 2 unspecified atom stereocenters. The Hall–Kier alpha value is -0.370. The van der Waals surface area contributed by atoms with Crippen LogP contribution in [0.25, 0.3) is 0 Å². The van der Waals surface area contributed by atoms with E-state index in [0.717, 1.165) is 30.6 Å². The summed E-state index contributed by atoms with van der Waals surface area (Å²) in [6.07, 6.45) is 8.14. The van der Waals surface area contributed by atoms with Gasteiger partial charge in [0.05, 0.1) is 6.10 Å². The van der Waals surface area contributed by atoms with Crippen molar-refractivity contribution in [2.24, 2.45) is 46.3 Å². The molecule has 4 aliphatic rings. The summed E-state index contributed by atoms with van der Waals surface area (Å²) in [7, 11) is 0. The molecule has 4 aliphatic carbocycles. The molecule has 0 heterocycles. The largest absolute Gasteiger partial charge is 0.392 e. The number of carbonyl (C=O) groups excluding carboxylic acids is 1. The molecule has 0 aromatic carbocycles. The molecule has 1 N–H and O–H groups in total. The van der Waals surface area contributed by atoms with Crippen LogP contribution >= 0.6 is 0 Å². The number of fused-ring (bicyclic) bond motifs is 5. The molecule has 130 valence electrons. The van der Waals surface area contributed by atoms with E-state index in [1.165, 1.54) is 32.1 Å². The molecule has 4 saturated carbocycles. The predicted octanol–water partition coefficient (Wildman–Crippen LogP) is 4.45. The lowest BCUT2D eigenvalue weighted by molar-refractivity contribution is -0.182. The van der Waals surface area contributed by atoms with E-state index in [0.29, 0.717) is 23.0 Å². The van der Waals surface area contributed by atoms with Crippen LogP contribution in [-0.2, 0) is 4.79 Å². The van der Waals surface area contributed by atoms with E-state index in [1.807, 2.05) is 6.92 Å². The number of aliphatic hydroxyl groups is 1. The van der Waals surface area contributed by atoms with Crippen molar-refractivity contribution >= 4 is 5.78 Å². The number of hydrogen-bond acceptors (Lipinski definition) is 2. The second kappa shape index (κ2) is 5.07. The molecule has 2 nitrogen and oxygen atoms in total. The maximum absolute atomic E-state index is 12.3. The molecule has 2 heteroatoms. The van der Waals surface area contributed by atoms with Gasteiger partial charge in [0.25, 0.3) is 0 Å². The van der Waals surface area contributed by atoms with Crippen molar-refractivity contribution in [3.05, 3.63) is 0 Å². The van der Waals surface area contributed by atoms with Crippen molar-refractivity contribution in [1.29, 1.82) is 0 Å². The lowest BCUT2D eigenvalue weighted by Gasteiger charge is -2.62. The molecule has 0 bridgehead atoms. The number of hydrogen-bond donors (Lipinski definition) is 1. The summed E-state index contributed by atoms with van der Waals surface area (Å²) in [6, 6.07) is 0. The molecule has 0 aliphatic heterocycles. The Morgan fingerprint density at radius 1 is 1.00 bits per heavy atom. The number of carbonyl (C=O) groups is 1. The molecule has 9 atom stereocenters. The Morgan fingerprint density at radius 2 is 1.74 bits per heavy atom. The Kier molecular flexibility index (Phi) is 3.55. The molecule has 0 radical (unpaired) electrons. The Labute approximate surface area is 141 Å². The highest BCUT2D eigenvalue weighted by Gasteiger charge is 2.62. The summed E-state index contributed by atoms with van der Waals surface area (Å²) < 4.78 is 0. The molecule has 4 fully saturated rings. The summed E-state index contributed by atoms with van der Waals surface area (Å²) in [5.41, 5.74) is 0.509. The Morgan fingerprint density at radius 3 is 2.48 bits per heavy atom. The first-order valence-electron chi connectivity index (χ1n) is 10.0. The standard InChI is InChI=1S/C21H34O2/c1-12-5-8-16-15-7-6-14-11-18(22)13(2)19(23)21(14,4)17(15)9-10-20(12,16)3/h12-17,19,23H,5-11H2,1-4H3/t12?,13-,14-,15-,16-,17-,19?,20+,21-/m0/s1. The third-order valence-electron chi connectivity index (χ3n) is 9.50. The topological polar surface area (TPSA) is 37.3 Å². The highest BCUT2D eigenvalue weighted by atomic mass is 16.3. The number of Topliss-reactive ketones (excluding diaryl/α,β-unsaturated/α-hetero) is 1. The zero-order valence-corrected chi connectivity index (χ0v) is 15.3. The van der Waals surface area contributed by atoms with Crippen molar-refractivity contribution in [1.82, 2.24) is 0 Å². The van der Waals surface area contributed by atoms with E-state index in [-0.39, 0.29) is 11.3 Å². The second-order valence-electron chi connectivity index (χ2n) is 9.94. The van der Waals surface area contributed by atoms with Crippen LogP contribution in [0.15, 0.2) is 0 Å². The highest BCUT2D eigenvalue weighted by Crippen LogP contribution is 2.67. The van der Waals surface area contributed by atoms with Gasteiger partial charge in [0.15, 0.2) is 0 Å². The van der Waals surface area contributed by atoms with E-state index >= 15 is 0 Å². The van der Waals surface area contributed by atoms with Gasteiger partial charge in [-0.25, -0.2) is 0 Å². The first-order valence-corrected chi connectivity index (χ1v) is 10.0. The normalized spacial score (nSPS) is 59.2. The Bertz CT molecular complexity index is 510. The molecule has 23 heavy (non-hydrogen) atoms. The minimum atomic E-state index is -0.426. The van der Waals surface area contributed by atoms with Crippen LogP contribution in [-0.4, -0.2) is 17.0 Å². The van der Waals surface area contributed by atoms with Crippen LogP contribution in [0.1, 0.15) is 72.6 Å². The number of aliphatic hydroxyl groups excluding tert-OH is 1. The van der Waals surface area contributed by atoms with Crippen molar-refractivity contribution in [2.75, 3.05) is 0 Å². The van der Waals surface area contributed by atoms with Gasteiger partial charge >= 0.3 is 0 Å². The zero-order valence-electron chi connectivity index (χ0n) is 15.3. The van der Waals surface area contributed by atoms with Crippen molar-refractivity contribution in [3.8, 4) is 0 Å². The van der Waals surface area contributed by atoms with Crippen LogP contribution in [0.4, 0.5) is 0 Å². The van der Waals surface area contributed by atoms with Gasteiger partial charge < -0.3 is 5.11 Å². The lowest BCUT2D eigenvalue weighted by Crippen LogP contribution is -2.60. The van der Waals surface area contributed by atoms with Crippen LogP contribution in [0.2, 0.25) is 0 Å². The summed E-state index contributed by atoms with van der Waals surface area (Å²) in [5, 5.41) is 11.1. The maximum atomic E-state index is 12.3. The van der Waals surface area contributed by atoms with Gasteiger partial charge in [0.2, 0.25) is 0 Å².